The fourth-order valence-electron chi connectivity index (χ4n) is 1.72. The van der Waals surface area contributed by atoms with E-state index in [1.54, 1.807) is 4.63 Å². The molecular formula is C12H12N4. The predicted octanol–water partition coefficient (Wildman–Crippen LogP) is 2.34. The maximum absolute atomic E-state index is 4.45. The van der Waals surface area contributed by atoms with Crippen LogP contribution in [0.5, 0.6) is 0 Å². The zero-order chi connectivity index (χ0) is 11.1. The lowest BCUT2D eigenvalue weighted by Gasteiger charge is -1.95. The molecule has 4 heteroatoms. The van der Waals surface area contributed by atoms with E-state index in [9.17, 15) is 0 Å². The molecule has 0 spiro atoms. The number of aromatic amines is 1. The first-order valence-electron chi connectivity index (χ1n) is 5.22. The van der Waals surface area contributed by atoms with Crippen LogP contribution >= 0.6 is 0 Å². The van der Waals surface area contributed by atoms with E-state index in [2.05, 4.69) is 34.2 Å². The summed E-state index contributed by atoms with van der Waals surface area (Å²) in [7, 11) is 0. The van der Waals surface area contributed by atoms with Gasteiger partial charge in [-0.1, -0.05) is 29.8 Å². The van der Waals surface area contributed by atoms with Crippen molar-refractivity contribution in [1.82, 2.24) is 19.8 Å². The van der Waals surface area contributed by atoms with Crippen LogP contribution in [0, 0.1) is 13.8 Å². The number of hydrogen-bond donors (Lipinski definition) is 1. The molecule has 0 unspecified atom stereocenters. The molecule has 3 aromatic rings. The van der Waals surface area contributed by atoms with E-state index in [1.807, 2.05) is 25.1 Å². The summed E-state index contributed by atoms with van der Waals surface area (Å²) in [5, 5.41) is 7.49. The van der Waals surface area contributed by atoms with Crippen LogP contribution in [0.4, 0.5) is 0 Å². The first-order valence-corrected chi connectivity index (χ1v) is 5.22. The Balaban J connectivity index is 2.11. The maximum Gasteiger partial charge on any atom is 0.183 e. The van der Waals surface area contributed by atoms with Crippen molar-refractivity contribution >= 4 is 5.65 Å². The molecule has 0 radical (unpaired) electrons. The monoisotopic (exact) mass is 212 g/mol. The van der Waals surface area contributed by atoms with Gasteiger partial charge in [-0.25, -0.2) is 4.98 Å². The van der Waals surface area contributed by atoms with Gasteiger partial charge in [0.2, 0.25) is 0 Å². The maximum atomic E-state index is 4.45. The molecule has 3 rings (SSSR count). The molecular weight excluding hydrogens is 200 g/mol. The van der Waals surface area contributed by atoms with E-state index >= 15 is 0 Å². The summed E-state index contributed by atoms with van der Waals surface area (Å²) in [5.74, 6) is 0.756. The van der Waals surface area contributed by atoms with Gasteiger partial charge in [0.15, 0.2) is 11.5 Å². The Labute approximate surface area is 92.9 Å². The number of hydrogen-bond acceptors (Lipinski definition) is 2. The van der Waals surface area contributed by atoms with E-state index in [1.165, 1.54) is 5.56 Å². The summed E-state index contributed by atoms with van der Waals surface area (Å²) in [6.07, 6.45) is 0. The minimum Gasteiger partial charge on any atom is -0.281 e. The quantitative estimate of drug-likeness (QED) is 0.673. The lowest BCUT2D eigenvalue weighted by Crippen LogP contribution is -1.88. The average molecular weight is 212 g/mol. The second-order valence-electron chi connectivity index (χ2n) is 4.01. The highest BCUT2D eigenvalue weighted by molar-refractivity contribution is 5.58. The molecule has 1 aromatic carbocycles. The normalized spacial score (nSPS) is 11.1. The highest BCUT2D eigenvalue weighted by Crippen LogP contribution is 2.16. The summed E-state index contributed by atoms with van der Waals surface area (Å²) in [4.78, 5) is 4.45. The Morgan fingerprint density at radius 1 is 1.12 bits per heavy atom. The summed E-state index contributed by atoms with van der Waals surface area (Å²) in [6, 6.07) is 10.2. The smallest absolute Gasteiger partial charge is 0.183 e. The standard InChI is InChI=1S/C12H12N4/c1-8-3-5-10(6-4-8)12-13-11-7-9(2)14-16(11)15-12/h3-7,14H,1-2H3. The van der Waals surface area contributed by atoms with Crippen molar-refractivity contribution in [3.8, 4) is 11.4 Å². The van der Waals surface area contributed by atoms with Crippen molar-refractivity contribution in [2.45, 2.75) is 13.8 Å². The molecule has 0 bridgehead atoms. The van der Waals surface area contributed by atoms with Crippen LogP contribution < -0.4 is 0 Å². The van der Waals surface area contributed by atoms with Gasteiger partial charge in [-0.15, -0.1) is 5.10 Å². The van der Waals surface area contributed by atoms with Crippen molar-refractivity contribution < 1.29 is 0 Å². The molecule has 16 heavy (non-hydrogen) atoms. The van der Waals surface area contributed by atoms with E-state index in [4.69, 9.17) is 0 Å². The first-order chi connectivity index (χ1) is 7.72. The molecule has 2 heterocycles. The van der Waals surface area contributed by atoms with Crippen molar-refractivity contribution in [2.24, 2.45) is 0 Å². The fraction of sp³-hybridized carbons (Fsp3) is 0.167. The number of nitrogens with zero attached hydrogens (tertiary/aromatic N) is 3. The molecule has 0 amide bonds. The van der Waals surface area contributed by atoms with E-state index in [0.29, 0.717) is 0 Å². The van der Waals surface area contributed by atoms with Gasteiger partial charge >= 0.3 is 0 Å². The molecule has 0 saturated heterocycles. The summed E-state index contributed by atoms with van der Waals surface area (Å²) >= 11 is 0. The van der Waals surface area contributed by atoms with Gasteiger partial charge in [0.25, 0.3) is 0 Å². The van der Waals surface area contributed by atoms with E-state index in [-0.39, 0.29) is 0 Å². The largest absolute Gasteiger partial charge is 0.281 e. The molecule has 0 fully saturated rings. The number of rotatable bonds is 1. The molecule has 0 aliphatic rings. The molecule has 0 atom stereocenters. The minimum atomic E-state index is 0.756. The summed E-state index contributed by atoms with van der Waals surface area (Å²) in [6.45, 7) is 4.06. The first kappa shape index (κ1) is 9.15. The number of nitrogens with one attached hydrogen (secondary N) is 1. The fourth-order valence-corrected chi connectivity index (χ4v) is 1.72. The highest BCUT2D eigenvalue weighted by Gasteiger charge is 2.07. The molecule has 2 aromatic heterocycles. The van der Waals surface area contributed by atoms with Gasteiger partial charge in [-0.2, -0.15) is 4.63 Å². The zero-order valence-corrected chi connectivity index (χ0v) is 9.23. The number of aromatic nitrogens is 4. The van der Waals surface area contributed by atoms with Crippen LogP contribution in [0.25, 0.3) is 17.0 Å². The molecule has 1 N–H and O–H groups in total. The Hall–Kier alpha value is -2.10. The third-order valence-corrected chi connectivity index (χ3v) is 2.57. The van der Waals surface area contributed by atoms with Crippen molar-refractivity contribution in [2.75, 3.05) is 0 Å². The third-order valence-electron chi connectivity index (χ3n) is 2.57. The number of aryl methyl sites for hydroxylation is 2. The molecule has 0 saturated carbocycles. The van der Waals surface area contributed by atoms with E-state index < -0.39 is 0 Å². The molecule has 0 aliphatic heterocycles. The summed E-state index contributed by atoms with van der Waals surface area (Å²) in [5.41, 5.74) is 4.20. The lowest BCUT2D eigenvalue weighted by atomic mass is 10.1. The van der Waals surface area contributed by atoms with Gasteiger partial charge < -0.3 is 0 Å². The van der Waals surface area contributed by atoms with E-state index in [0.717, 1.165) is 22.7 Å². The average Bonchev–Trinajstić information content (AvgIpc) is 2.75. The lowest BCUT2D eigenvalue weighted by molar-refractivity contribution is 0.810. The predicted molar refractivity (Wildman–Crippen MR) is 62.2 cm³/mol. The van der Waals surface area contributed by atoms with Crippen molar-refractivity contribution in [3.05, 3.63) is 41.6 Å². The van der Waals surface area contributed by atoms with Crippen LogP contribution in [0.3, 0.4) is 0 Å². The zero-order valence-electron chi connectivity index (χ0n) is 9.23. The topological polar surface area (TPSA) is 46.0 Å². The van der Waals surface area contributed by atoms with Gasteiger partial charge in [0, 0.05) is 17.3 Å². The van der Waals surface area contributed by atoms with Gasteiger partial charge in [-0.3, -0.25) is 5.10 Å². The second kappa shape index (κ2) is 3.20. The Morgan fingerprint density at radius 3 is 2.56 bits per heavy atom. The number of benzene rings is 1. The van der Waals surface area contributed by atoms with Gasteiger partial charge in [0.05, 0.1) is 0 Å². The Morgan fingerprint density at radius 2 is 1.88 bits per heavy atom. The van der Waals surface area contributed by atoms with Gasteiger partial charge in [0.1, 0.15) is 0 Å². The minimum absolute atomic E-state index is 0.756. The molecule has 4 nitrogen and oxygen atoms in total. The SMILES string of the molecule is Cc1ccc(-c2nc3cc(C)[nH]n3n2)cc1. The van der Waals surface area contributed by atoms with Gasteiger partial charge in [-0.05, 0) is 13.8 Å². The van der Waals surface area contributed by atoms with Crippen LogP contribution in [-0.4, -0.2) is 19.8 Å². The number of fused-ring (bicyclic) bond motifs is 1. The second-order valence-corrected chi connectivity index (χ2v) is 4.01. The Bertz CT molecular complexity index is 599. The van der Waals surface area contributed by atoms with Crippen LogP contribution in [-0.2, 0) is 0 Å². The van der Waals surface area contributed by atoms with Crippen LogP contribution in [0.15, 0.2) is 30.3 Å². The van der Waals surface area contributed by atoms with Crippen LogP contribution in [0.1, 0.15) is 11.3 Å². The molecule has 80 valence electrons. The summed E-state index contributed by atoms with van der Waals surface area (Å²) < 4.78 is 1.70. The van der Waals surface area contributed by atoms with Crippen molar-refractivity contribution in [1.29, 1.82) is 0 Å². The number of H-pyrrole nitrogens is 1. The molecule has 0 aliphatic carbocycles. The third kappa shape index (κ3) is 1.39. The Kier molecular flexibility index (Phi) is 1.83. The van der Waals surface area contributed by atoms with Crippen LogP contribution in [0.2, 0.25) is 0 Å². The van der Waals surface area contributed by atoms with Crippen molar-refractivity contribution in [3.63, 3.8) is 0 Å². The highest BCUT2D eigenvalue weighted by atomic mass is 15.5.